The molecular weight excluding hydrogens is 290 g/mol. The number of rotatable bonds is 6. The maximum absolute atomic E-state index is 6.31. The van der Waals surface area contributed by atoms with Crippen molar-refractivity contribution in [3.8, 4) is 0 Å². The predicted molar refractivity (Wildman–Crippen MR) is 86.7 cm³/mol. The van der Waals surface area contributed by atoms with Crippen LogP contribution in [-0.2, 0) is 13.5 Å². The molecule has 1 atom stereocenters. The van der Waals surface area contributed by atoms with Crippen LogP contribution in [0.4, 0.5) is 0 Å². The standard InChI is InChI=1S/C15H20ClN3S/c1-11-15(16)14(19(3)18-11)9-12(17-2)10-20-13-7-5-4-6-8-13/h4-8,12,17H,9-10H2,1-3H3. The zero-order valence-electron chi connectivity index (χ0n) is 12.1. The molecule has 1 N–H and O–H groups in total. The first-order chi connectivity index (χ1) is 9.61. The first-order valence-corrected chi connectivity index (χ1v) is 8.01. The summed E-state index contributed by atoms with van der Waals surface area (Å²) < 4.78 is 1.88. The quantitative estimate of drug-likeness (QED) is 0.830. The Bertz CT molecular complexity index is 554. The van der Waals surface area contributed by atoms with Gasteiger partial charge in [0.15, 0.2) is 0 Å². The molecule has 0 saturated carbocycles. The Balaban J connectivity index is 1.99. The molecule has 0 spiro atoms. The number of aromatic nitrogens is 2. The Kier molecular flexibility index (Phi) is 5.52. The number of nitrogens with zero attached hydrogens (tertiary/aromatic N) is 2. The molecule has 3 nitrogen and oxygen atoms in total. The van der Waals surface area contributed by atoms with E-state index in [0.29, 0.717) is 6.04 Å². The Morgan fingerprint density at radius 2 is 2.05 bits per heavy atom. The minimum Gasteiger partial charge on any atom is -0.316 e. The normalized spacial score (nSPS) is 12.6. The second kappa shape index (κ2) is 7.16. The highest BCUT2D eigenvalue weighted by Gasteiger charge is 2.16. The van der Waals surface area contributed by atoms with E-state index in [4.69, 9.17) is 11.6 Å². The van der Waals surface area contributed by atoms with Gasteiger partial charge in [-0.25, -0.2) is 0 Å². The Hall–Kier alpha value is -0.970. The molecule has 1 unspecified atom stereocenters. The zero-order valence-corrected chi connectivity index (χ0v) is 13.6. The topological polar surface area (TPSA) is 29.9 Å². The fourth-order valence-corrected chi connectivity index (χ4v) is 3.36. The average Bonchev–Trinajstić information content (AvgIpc) is 2.70. The molecule has 0 radical (unpaired) electrons. The molecule has 2 rings (SSSR count). The second-order valence-electron chi connectivity index (χ2n) is 4.78. The van der Waals surface area contributed by atoms with Crippen LogP contribution in [0.1, 0.15) is 11.4 Å². The van der Waals surface area contributed by atoms with Crippen molar-refractivity contribution >= 4 is 23.4 Å². The number of aryl methyl sites for hydroxylation is 2. The Labute approximate surface area is 129 Å². The summed E-state index contributed by atoms with van der Waals surface area (Å²) in [4.78, 5) is 1.29. The summed E-state index contributed by atoms with van der Waals surface area (Å²) >= 11 is 8.17. The molecule has 20 heavy (non-hydrogen) atoms. The summed E-state index contributed by atoms with van der Waals surface area (Å²) in [6, 6.07) is 10.8. The molecule has 108 valence electrons. The van der Waals surface area contributed by atoms with E-state index in [2.05, 4.69) is 34.7 Å². The molecule has 1 aromatic carbocycles. The van der Waals surface area contributed by atoms with Crippen molar-refractivity contribution in [2.75, 3.05) is 12.8 Å². The van der Waals surface area contributed by atoms with Gasteiger partial charge in [-0.1, -0.05) is 29.8 Å². The number of benzene rings is 1. The third kappa shape index (κ3) is 3.78. The van der Waals surface area contributed by atoms with Gasteiger partial charge in [0.05, 0.1) is 16.4 Å². The minimum absolute atomic E-state index is 0.368. The van der Waals surface area contributed by atoms with Crippen LogP contribution in [0.25, 0.3) is 0 Å². The van der Waals surface area contributed by atoms with Crippen molar-refractivity contribution < 1.29 is 0 Å². The molecule has 0 aliphatic heterocycles. The predicted octanol–water partition coefficient (Wildman–Crippen LogP) is 3.30. The monoisotopic (exact) mass is 309 g/mol. The first kappa shape index (κ1) is 15.4. The van der Waals surface area contributed by atoms with Crippen LogP contribution < -0.4 is 5.32 Å². The summed E-state index contributed by atoms with van der Waals surface area (Å²) in [7, 11) is 3.94. The third-order valence-electron chi connectivity index (χ3n) is 3.30. The van der Waals surface area contributed by atoms with Gasteiger partial charge in [-0.3, -0.25) is 4.68 Å². The van der Waals surface area contributed by atoms with Gasteiger partial charge in [-0.05, 0) is 26.1 Å². The summed E-state index contributed by atoms with van der Waals surface area (Å²) in [5.74, 6) is 1.00. The Morgan fingerprint density at radius 1 is 1.35 bits per heavy atom. The van der Waals surface area contributed by atoms with Gasteiger partial charge in [0.2, 0.25) is 0 Å². The van der Waals surface area contributed by atoms with E-state index in [1.165, 1.54) is 4.90 Å². The maximum atomic E-state index is 6.31. The van der Waals surface area contributed by atoms with Crippen molar-refractivity contribution in [1.82, 2.24) is 15.1 Å². The highest BCUT2D eigenvalue weighted by molar-refractivity contribution is 7.99. The third-order valence-corrected chi connectivity index (χ3v) is 4.97. The van der Waals surface area contributed by atoms with Crippen LogP contribution in [-0.4, -0.2) is 28.6 Å². The van der Waals surface area contributed by atoms with E-state index in [1.807, 2.05) is 43.5 Å². The molecule has 0 saturated heterocycles. The molecular formula is C15H20ClN3S. The van der Waals surface area contributed by atoms with Gasteiger partial charge in [0.25, 0.3) is 0 Å². The zero-order chi connectivity index (χ0) is 14.5. The molecule has 0 fully saturated rings. The fourth-order valence-electron chi connectivity index (χ4n) is 2.09. The molecule has 2 aromatic rings. The largest absolute Gasteiger partial charge is 0.316 e. The van der Waals surface area contributed by atoms with Crippen LogP contribution >= 0.6 is 23.4 Å². The van der Waals surface area contributed by atoms with Crippen LogP contribution in [0, 0.1) is 6.92 Å². The lowest BCUT2D eigenvalue weighted by Crippen LogP contribution is -2.31. The lowest BCUT2D eigenvalue weighted by Gasteiger charge is -2.16. The van der Waals surface area contributed by atoms with Gasteiger partial charge in [-0.2, -0.15) is 5.10 Å². The SMILES string of the molecule is CNC(CSc1ccccc1)Cc1c(Cl)c(C)nn1C. The molecule has 5 heteroatoms. The van der Waals surface area contributed by atoms with Crippen LogP contribution in [0.2, 0.25) is 5.02 Å². The van der Waals surface area contributed by atoms with E-state index < -0.39 is 0 Å². The van der Waals surface area contributed by atoms with Crippen molar-refractivity contribution in [1.29, 1.82) is 0 Å². The van der Waals surface area contributed by atoms with Crippen LogP contribution in [0.3, 0.4) is 0 Å². The van der Waals surface area contributed by atoms with Crippen molar-refractivity contribution in [2.45, 2.75) is 24.3 Å². The number of thioether (sulfide) groups is 1. The van der Waals surface area contributed by atoms with Crippen molar-refractivity contribution in [3.63, 3.8) is 0 Å². The number of hydrogen-bond donors (Lipinski definition) is 1. The number of nitrogens with one attached hydrogen (secondary N) is 1. The summed E-state index contributed by atoms with van der Waals surface area (Å²) in [5, 5.41) is 8.52. The lowest BCUT2D eigenvalue weighted by molar-refractivity contribution is 0.582. The highest BCUT2D eigenvalue weighted by Crippen LogP contribution is 2.23. The van der Waals surface area contributed by atoms with Gasteiger partial charge < -0.3 is 5.32 Å². The van der Waals surface area contributed by atoms with Crippen molar-refractivity contribution in [2.24, 2.45) is 7.05 Å². The van der Waals surface area contributed by atoms with E-state index in [1.54, 1.807) is 0 Å². The molecule has 0 bridgehead atoms. The average molecular weight is 310 g/mol. The summed E-state index contributed by atoms with van der Waals surface area (Å²) in [6.45, 7) is 1.94. The van der Waals surface area contributed by atoms with Gasteiger partial charge in [0.1, 0.15) is 0 Å². The lowest BCUT2D eigenvalue weighted by atomic mass is 10.2. The van der Waals surface area contributed by atoms with E-state index in [9.17, 15) is 0 Å². The second-order valence-corrected chi connectivity index (χ2v) is 6.25. The van der Waals surface area contributed by atoms with Crippen LogP contribution in [0.15, 0.2) is 35.2 Å². The number of likely N-dealkylation sites (N-methyl/N-ethyl adjacent to an activating group) is 1. The van der Waals surface area contributed by atoms with Gasteiger partial charge >= 0.3 is 0 Å². The van der Waals surface area contributed by atoms with Crippen LogP contribution in [0.5, 0.6) is 0 Å². The van der Waals surface area contributed by atoms with Crippen molar-refractivity contribution in [3.05, 3.63) is 46.7 Å². The van der Waals surface area contributed by atoms with E-state index >= 15 is 0 Å². The van der Waals surface area contributed by atoms with E-state index in [-0.39, 0.29) is 0 Å². The summed E-state index contributed by atoms with van der Waals surface area (Å²) in [6.07, 6.45) is 0.881. The molecule has 1 heterocycles. The fraction of sp³-hybridized carbons (Fsp3) is 0.400. The smallest absolute Gasteiger partial charge is 0.0847 e. The maximum Gasteiger partial charge on any atom is 0.0847 e. The first-order valence-electron chi connectivity index (χ1n) is 6.65. The van der Waals surface area contributed by atoms with Gasteiger partial charge in [0, 0.05) is 30.2 Å². The number of halogens is 1. The van der Waals surface area contributed by atoms with E-state index in [0.717, 1.165) is 28.6 Å². The summed E-state index contributed by atoms with van der Waals surface area (Å²) in [5.41, 5.74) is 1.99. The minimum atomic E-state index is 0.368. The number of hydrogen-bond acceptors (Lipinski definition) is 3. The molecule has 0 aliphatic carbocycles. The highest BCUT2D eigenvalue weighted by atomic mass is 35.5. The molecule has 0 aliphatic rings. The molecule has 1 aromatic heterocycles. The van der Waals surface area contributed by atoms with Gasteiger partial charge in [-0.15, -0.1) is 11.8 Å². The molecule has 0 amide bonds. The Morgan fingerprint density at radius 3 is 2.60 bits per heavy atom.